The molecule has 0 spiro atoms. The van der Waals surface area contributed by atoms with E-state index >= 15 is 0 Å². The Balaban J connectivity index is 2.97. The van der Waals surface area contributed by atoms with Gasteiger partial charge in [0.05, 0.1) is 11.5 Å². The molecule has 1 aromatic carbocycles. The third-order valence-electron chi connectivity index (χ3n) is 2.69. The molecule has 110 valence electrons. The van der Waals surface area contributed by atoms with Crippen LogP contribution in [0.3, 0.4) is 0 Å². The Morgan fingerprint density at radius 2 is 2.00 bits per heavy atom. The summed E-state index contributed by atoms with van der Waals surface area (Å²) >= 11 is 0. The maximum atomic E-state index is 11.6. The molecule has 0 unspecified atom stereocenters. The lowest BCUT2D eigenvalue weighted by molar-refractivity contribution is -0.384. The number of likely N-dealkylation sites (N-methyl/N-ethyl adjacent to an activating group) is 2. The first-order valence-corrected chi connectivity index (χ1v) is 6.49. The average molecular weight is 280 g/mol. The summed E-state index contributed by atoms with van der Waals surface area (Å²) in [7, 11) is 1.73. The molecule has 0 saturated carbocycles. The highest BCUT2D eigenvalue weighted by molar-refractivity contribution is 5.81. The van der Waals surface area contributed by atoms with E-state index in [1.165, 1.54) is 12.1 Å². The van der Waals surface area contributed by atoms with E-state index < -0.39 is 4.92 Å². The van der Waals surface area contributed by atoms with Crippen LogP contribution in [0.4, 0.5) is 17.1 Å². The summed E-state index contributed by atoms with van der Waals surface area (Å²) in [4.78, 5) is 23.7. The van der Waals surface area contributed by atoms with Gasteiger partial charge in [0.15, 0.2) is 0 Å². The van der Waals surface area contributed by atoms with Crippen molar-refractivity contribution in [3.05, 3.63) is 28.3 Å². The molecule has 1 amide bonds. The minimum Gasteiger partial charge on any atom is -0.385 e. The number of rotatable bonds is 7. The van der Waals surface area contributed by atoms with Crippen molar-refractivity contribution >= 4 is 23.0 Å². The molecule has 1 aromatic rings. The van der Waals surface area contributed by atoms with Crippen molar-refractivity contribution < 1.29 is 9.72 Å². The number of non-ortho nitro benzene ring substituents is 1. The van der Waals surface area contributed by atoms with E-state index in [1.807, 2.05) is 13.8 Å². The molecule has 0 aliphatic carbocycles. The highest BCUT2D eigenvalue weighted by Gasteiger charge is 2.13. The van der Waals surface area contributed by atoms with Gasteiger partial charge >= 0.3 is 0 Å². The molecule has 20 heavy (non-hydrogen) atoms. The first-order valence-electron chi connectivity index (χ1n) is 6.49. The third kappa shape index (κ3) is 4.42. The maximum Gasteiger partial charge on any atom is 0.273 e. The zero-order valence-electron chi connectivity index (χ0n) is 12.0. The number of nitro benzene ring substituents is 1. The molecule has 0 aliphatic rings. The summed E-state index contributed by atoms with van der Waals surface area (Å²) < 4.78 is 0. The molecule has 0 bridgehead atoms. The Bertz CT molecular complexity index is 491. The maximum absolute atomic E-state index is 11.6. The van der Waals surface area contributed by atoms with Gasteiger partial charge in [-0.25, -0.2) is 0 Å². The Kier molecular flexibility index (Phi) is 5.76. The first-order chi connectivity index (χ1) is 9.47. The van der Waals surface area contributed by atoms with Gasteiger partial charge in [-0.2, -0.15) is 0 Å². The van der Waals surface area contributed by atoms with E-state index in [9.17, 15) is 14.9 Å². The molecule has 7 nitrogen and oxygen atoms in total. The molecular weight excluding hydrogens is 260 g/mol. The number of anilines is 2. The predicted molar refractivity (Wildman–Crippen MR) is 79.2 cm³/mol. The minimum absolute atomic E-state index is 0.00111. The third-order valence-corrected chi connectivity index (χ3v) is 2.69. The molecular formula is C13H20N4O3. The standard InChI is InChI=1S/C13H20N4O3/c1-4-14-10-6-11(8-12(7-10)17(19)20)16(3)9-13(18)15-5-2/h6-8,14H,4-5,9H2,1-3H3,(H,15,18). The summed E-state index contributed by atoms with van der Waals surface area (Å²) in [6.07, 6.45) is 0. The van der Waals surface area contributed by atoms with E-state index in [-0.39, 0.29) is 18.1 Å². The number of nitrogens with zero attached hydrogens (tertiary/aromatic N) is 2. The van der Waals surface area contributed by atoms with E-state index in [1.54, 1.807) is 18.0 Å². The van der Waals surface area contributed by atoms with Crippen LogP contribution in [0.2, 0.25) is 0 Å². The molecule has 1 rings (SSSR count). The second-order valence-electron chi connectivity index (χ2n) is 4.34. The van der Waals surface area contributed by atoms with Gasteiger partial charge in [-0.05, 0) is 19.9 Å². The van der Waals surface area contributed by atoms with Gasteiger partial charge in [0.2, 0.25) is 5.91 Å². The highest BCUT2D eigenvalue weighted by atomic mass is 16.6. The molecule has 0 aliphatic heterocycles. The number of amides is 1. The Hall–Kier alpha value is -2.31. The molecule has 0 fully saturated rings. The number of benzene rings is 1. The number of carbonyl (C=O) groups excluding carboxylic acids is 1. The fourth-order valence-electron chi connectivity index (χ4n) is 1.79. The van der Waals surface area contributed by atoms with Crippen LogP contribution in [0.1, 0.15) is 13.8 Å². The molecule has 0 saturated heterocycles. The number of hydrogen-bond acceptors (Lipinski definition) is 5. The molecule has 2 N–H and O–H groups in total. The second kappa shape index (κ2) is 7.32. The topological polar surface area (TPSA) is 87.5 Å². The summed E-state index contributed by atoms with van der Waals surface area (Å²) in [5.41, 5.74) is 1.29. The number of nitrogens with one attached hydrogen (secondary N) is 2. The van der Waals surface area contributed by atoms with Gasteiger partial charge in [-0.3, -0.25) is 14.9 Å². The van der Waals surface area contributed by atoms with Gasteiger partial charge in [-0.1, -0.05) is 0 Å². The SMILES string of the molecule is CCNC(=O)CN(C)c1cc(NCC)cc([N+](=O)[O-])c1. The van der Waals surface area contributed by atoms with Crippen molar-refractivity contribution in [2.45, 2.75) is 13.8 Å². The van der Waals surface area contributed by atoms with Crippen LogP contribution in [0.25, 0.3) is 0 Å². The van der Waals surface area contributed by atoms with Gasteiger partial charge in [0.25, 0.3) is 5.69 Å². The summed E-state index contributed by atoms with van der Waals surface area (Å²) in [6.45, 7) is 5.14. The lowest BCUT2D eigenvalue weighted by atomic mass is 10.2. The first kappa shape index (κ1) is 15.7. The largest absolute Gasteiger partial charge is 0.385 e. The van der Waals surface area contributed by atoms with E-state index in [0.29, 0.717) is 24.5 Å². The van der Waals surface area contributed by atoms with Crippen molar-refractivity contribution in [3.8, 4) is 0 Å². The predicted octanol–water partition coefficient (Wildman–Crippen LogP) is 1.60. The fraction of sp³-hybridized carbons (Fsp3) is 0.462. The monoisotopic (exact) mass is 280 g/mol. The van der Waals surface area contributed by atoms with Crippen molar-refractivity contribution in [1.82, 2.24) is 5.32 Å². The smallest absolute Gasteiger partial charge is 0.273 e. The van der Waals surface area contributed by atoms with E-state index in [4.69, 9.17) is 0 Å². The number of hydrogen-bond donors (Lipinski definition) is 2. The summed E-state index contributed by atoms with van der Waals surface area (Å²) in [5, 5.41) is 16.7. The number of nitro groups is 1. The molecule has 0 heterocycles. The molecule has 0 aromatic heterocycles. The second-order valence-corrected chi connectivity index (χ2v) is 4.34. The van der Waals surface area contributed by atoms with Crippen molar-refractivity contribution in [3.63, 3.8) is 0 Å². The number of carbonyl (C=O) groups is 1. The van der Waals surface area contributed by atoms with Crippen LogP contribution in [-0.2, 0) is 4.79 Å². The zero-order chi connectivity index (χ0) is 15.1. The van der Waals surface area contributed by atoms with Crippen molar-refractivity contribution in [2.24, 2.45) is 0 Å². The molecule has 7 heteroatoms. The molecule has 0 radical (unpaired) electrons. The molecule has 0 atom stereocenters. The Morgan fingerprint density at radius 3 is 2.55 bits per heavy atom. The summed E-state index contributed by atoms with van der Waals surface area (Å²) in [6, 6.07) is 4.72. The Morgan fingerprint density at radius 1 is 1.30 bits per heavy atom. The lowest BCUT2D eigenvalue weighted by Crippen LogP contribution is -2.35. The van der Waals surface area contributed by atoms with E-state index in [2.05, 4.69) is 10.6 Å². The van der Waals surface area contributed by atoms with Gasteiger partial charge in [0, 0.05) is 43.6 Å². The van der Waals surface area contributed by atoms with Crippen LogP contribution in [-0.4, -0.2) is 37.5 Å². The van der Waals surface area contributed by atoms with Crippen LogP contribution < -0.4 is 15.5 Å². The average Bonchev–Trinajstić information content (AvgIpc) is 2.38. The van der Waals surface area contributed by atoms with Crippen LogP contribution in [0.5, 0.6) is 0 Å². The zero-order valence-corrected chi connectivity index (χ0v) is 12.0. The van der Waals surface area contributed by atoms with Gasteiger partial charge in [-0.15, -0.1) is 0 Å². The van der Waals surface area contributed by atoms with Crippen LogP contribution >= 0.6 is 0 Å². The lowest BCUT2D eigenvalue weighted by Gasteiger charge is -2.19. The normalized spacial score (nSPS) is 9.95. The quantitative estimate of drug-likeness (QED) is 0.585. The van der Waals surface area contributed by atoms with Crippen LogP contribution in [0, 0.1) is 10.1 Å². The van der Waals surface area contributed by atoms with Crippen molar-refractivity contribution in [1.29, 1.82) is 0 Å². The fourth-order valence-corrected chi connectivity index (χ4v) is 1.79. The van der Waals surface area contributed by atoms with Crippen molar-refractivity contribution in [2.75, 3.05) is 36.9 Å². The van der Waals surface area contributed by atoms with E-state index in [0.717, 1.165) is 0 Å². The van der Waals surface area contributed by atoms with Crippen LogP contribution in [0.15, 0.2) is 18.2 Å². The minimum atomic E-state index is -0.440. The van der Waals surface area contributed by atoms with Gasteiger partial charge in [0.1, 0.15) is 0 Å². The highest BCUT2D eigenvalue weighted by Crippen LogP contribution is 2.26. The Labute approximate surface area is 118 Å². The van der Waals surface area contributed by atoms with Gasteiger partial charge < -0.3 is 15.5 Å². The summed E-state index contributed by atoms with van der Waals surface area (Å²) in [5.74, 6) is -0.119.